The van der Waals surface area contributed by atoms with Crippen LogP contribution in [0.4, 0.5) is 10.5 Å². The molecule has 6 heteroatoms. The van der Waals surface area contributed by atoms with E-state index in [-0.39, 0.29) is 6.03 Å². The number of anilines is 1. The number of aromatic nitrogens is 1. The average Bonchev–Trinajstić information content (AvgIpc) is 2.80. The lowest BCUT2D eigenvalue weighted by Gasteiger charge is -2.17. The van der Waals surface area contributed by atoms with Crippen molar-refractivity contribution < 1.29 is 9.32 Å². The number of nitrogens with one attached hydrogen (secondary N) is 1. The highest BCUT2D eigenvalue weighted by Gasteiger charge is 2.13. The highest BCUT2D eigenvalue weighted by molar-refractivity contribution is 6.31. The molecule has 0 saturated heterocycles. The van der Waals surface area contributed by atoms with Gasteiger partial charge < -0.3 is 14.7 Å². The number of hydrogen-bond acceptors (Lipinski definition) is 3. The van der Waals surface area contributed by atoms with Gasteiger partial charge >= 0.3 is 6.03 Å². The summed E-state index contributed by atoms with van der Waals surface area (Å²) in [5.41, 5.74) is 2.25. The summed E-state index contributed by atoms with van der Waals surface area (Å²) in [7, 11) is 1.69. The fourth-order valence-corrected chi connectivity index (χ4v) is 1.94. The molecule has 1 aromatic carbocycles. The Kier molecular flexibility index (Phi) is 4.29. The summed E-state index contributed by atoms with van der Waals surface area (Å²) in [4.78, 5) is 13.6. The van der Waals surface area contributed by atoms with Crippen molar-refractivity contribution in [1.82, 2.24) is 10.1 Å². The monoisotopic (exact) mass is 293 g/mol. The van der Waals surface area contributed by atoms with Crippen LogP contribution in [0.1, 0.15) is 17.0 Å². The van der Waals surface area contributed by atoms with Crippen LogP contribution in [0.15, 0.2) is 28.8 Å². The summed E-state index contributed by atoms with van der Waals surface area (Å²) in [6.07, 6.45) is 0. The first-order valence-electron chi connectivity index (χ1n) is 6.17. The zero-order valence-electron chi connectivity index (χ0n) is 11.6. The number of rotatable bonds is 3. The number of benzene rings is 1. The molecule has 2 rings (SSSR count). The van der Waals surface area contributed by atoms with Crippen LogP contribution < -0.4 is 5.32 Å². The minimum absolute atomic E-state index is 0.226. The minimum Gasteiger partial charge on any atom is -0.361 e. The second-order valence-electron chi connectivity index (χ2n) is 4.63. The molecule has 0 saturated carbocycles. The first kappa shape index (κ1) is 14.4. The first-order chi connectivity index (χ1) is 9.47. The smallest absolute Gasteiger partial charge is 0.321 e. The number of halogens is 1. The number of nitrogens with zero attached hydrogens (tertiary/aromatic N) is 2. The summed E-state index contributed by atoms with van der Waals surface area (Å²) >= 11 is 6.02. The van der Waals surface area contributed by atoms with Gasteiger partial charge in [0.05, 0.1) is 6.54 Å². The van der Waals surface area contributed by atoms with Crippen LogP contribution in [0.2, 0.25) is 5.02 Å². The molecule has 0 atom stereocenters. The molecule has 0 spiro atoms. The topological polar surface area (TPSA) is 58.4 Å². The Hall–Kier alpha value is -2.01. The van der Waals surface area contributed by atoms with Crippen LogP contribution in [-0.2, 0) is 6.54 Å². The molecule has 106 valence electrons. The Balaban J connectivity index is 2.02. The molecule has 2 amide bonds. The molecule has 1 aromatic heterocycles. The lowest BCUT2D eigenvalue weighted by Crippen LogP contribution is -2.31. The number of carbonyl (C=O) groups is 1. The highest BCUT2D eigenvalue weighted by atomic mass is 35.5. The van der Waals surface area contributed by atoms with E-state index in [2.05, 4.69) is 10.5 Å². The van der Waals surface area contributed by atoms with Crippen molar-refractivity contribution in [2.45, 2.75) is 20.4 Å². The van der Waals surface area contributed by atoms with Gasteiger partial charge in [-0.1, -0.05) is 22.8 Å². The Bertz CT molecular complexity index is 625. The molecular formula is C14H16ClN3O2. The van der Waals surface area contributed by atoms with Gasteiger partial charge in [-0.25, -0.2) is 4.79 Å². The van der Waals surface area contributed by atoms with Crippen LogP contribution in [0.25, 0.3) is 0 Å². The van der Waals surface area contributed by atoms with Gasteiger partial charge in [-0.15, -0.1) is 0 Å². The zero-order chi connectivity index (χ0) is 14.7. The lowest BCUT2D eigenvalue weighted by molar-refractivity contribution is 0.219. The third-order valence-electron chi connectivity index (χ3n) is 2.93. The Morgan fingerprint density at radius 3 is 2.85 bits per heavy atom. The minimum atomic E-state index is -0.226. The van der Waals surface area contributed by atoms with Gasteiger partial charge in [-0.2, -0.15) is 0 Å². The Morgan fingerprint density at radius 2 is 2.20 bits per heavy atom. The summed E-state index contributed by atoms with van der Waals surface area (Å²) in [5.74, 6) is 0.722. The number of hydrogen-bond donors (Lipinski definition) is 1. The third-order valence-corrected chi connectivity index (χ3v) is 3.34. The zero-order valence-corrected chi connectivity index (χ0v) is 12.4. The molecule has 5 nitrogen and oxygen atoms in total. The molecular weight excluding hydrogens is 278 g/mol. The van der Waals surface area contributed by atoms with Gasteiger partial charge in [0.2, 0.25) is 0 Å². The van der Waals surface area contributed by atoms with Crippen LogP contribution in [-0.4, -0.2) is 23.1 Å². The number of carbonyl (C=O) groups excluding carboxylic acids is 1. The quantitative estimate of drug-likeness (QED) is 0.940. The van der Waals surface area contributed by atoms with Gasteiger partial charge in [-0.3, -0.25) is 0 Å². The largest absolute Gasteiger partial charge is 0.361 e. The van der Waals surface area contributed by atoms with Gasteiger partial charge in [0, 0.05) is 23.8 Å². The summed E-state index contributed by atoms with van der Waals surface area (Å²) < 4.78 is 4.97. The van der Waals surface area contributed by atoms with E-state index in [4.69, 9.17) is 16.1 Å². The van der Waals surface area contributed by atoms with E-state index in [1.54, 1.807) is 25.2 Å². The second kappa shape index (κ2) is 5.96. The van der Waals surface area contributed by atoms with E-state index < -0.39 is 0 Å². The maximum Gasteiger partial charge on any atom is 0.321 e. The fourth-order valence-electron chi connectivity index (χ4n) is 1.76. The molecule has 1 heterocycles. The summed E-state index contributed by atoms with van der Waals surface area (Å²) in [6.45, 7) is 4.05. The molecule has 0 unspecified atom stereocenters. The standard InChI is InChI=1S/C14H16ClN3O2/c1-9-7-11(17-20-9)8-18(3)14(19)16-13-6-4-5-12(15)10(13)2/h4-7H,8H2,1-3H3,(H,16,19). The molecule has 0 bridgehead atoms. The van der Waals surface area contributed by atoms with E-state index in [1.807, 2.05) is 19.9 Å². The van der Waals surface area contributed by atoms with Crippen molar-refractivity contribution in [3.63, 3.8) is 0 Å². The third kappa shape index (κ3) is 3.30. The van der Waals surface area contributed by atoms with Gasteiger partial charge in [0.15, 0.2) is 0 Å². The van der Waals surface area contributed by atoms with Crippen molar-refractivity contribution in [2.75, 3.05) is 12.4 Å². The van der Waals surface area contributed by atoms with Crippen molar-refractivity contribution in [1.29, 1.82) is 0 Å². The molecule has 0 radical (unpaired) electrons. The van der Waals surface area contributed by atoms with Crippen molar-refractivity contribution in [3.05, 3.63) is 46.3 Å². The van der Waals surface area contributed by atoms with E-state index in [9.17, 15) is 4.79 Å². The average molecular weight is 294 g/mol. The van der Waals surface area contributed by atoms with Crippen molar-refractivity contribution >= 4 is 23.3 Å². The lowest BCUT2D eigenvalue weighted by atomic mass is 10.2. The van der Waals surface area contributed by atoms with Crippen LogP contribution >= 0.6 is 11.6 Å². The second-order valence-corrected chi connectivity index (χ2v) is 5.03. The summed E-state index contributed by atoms with van der Waals surface area (Å²) in [5, 5.41) is 7.30. The number of aryl methyl sites for hydroxylation is 1. The van der Waals surface area contributed by atoms with E-state index in [0.29, 0.717) is 22.9 Å². The van der Waals surface area contributed by atoms with Crippen LogP contribution in [0.3, 0.4) is 0 Å². The van der Waals surface area contributed by atoms with Crippen LogP contribution in [0, 0.1) is 13.8 Å². The van der Waals surface area contributed by atoms with Gasteiger partial charge in [0.25, 0.3) is 0 Å². The number of amides is 2. The molecule has 0 aliphatic carbocycles. The molecule has 0 aliphatic rings. The van der Waals surface area contributed by atoms with E-state index in [0.717, 1.165) is 11.3 Å². The maximum atomic E-state index is 12.1. The molecule has 0 aliphatic heterocycles. The molecule has 1 N–H and O–H groups in total. The molecule has 2 aromatic rings. The van der Waals surface area contributed by atoms with Crippen LogP contribution in [0.5, 0.6) is 0 Å². The predicted molar refractivity (Wildman–Crippen MR) is 77.9 cm³/mol. The normalized spacial score (nSPS) is 10.4. The van der Waals surface area contributed by atoms with Crippen molar-refractivity contribution in [3.8, 4) is 0 Å². The number of urea groups is 1. The molecule has 0 fully saturated rings. The highest BCUT2D eigenvalue weighted by Crippen LogP contribution is 2.23. The predicted octanol–water partition coefficient (Wildman–Crippen LogP) is 3.61. The van der Waals surface area contributed by atoms with E-state index >= 15 is 0 Å². The van der Waals surface area contributed by atoms with Gasteiger partial charge in [-0.05, 0) is 31.5 Å². The SMILES string of the molecule is Cc1cc(CN(C)C(=O)Nc2cccc(Cl)c2C)no1. The Morgan fingerprint density at radius 1 is 1.45 bits per heavy atom. The first-order valence-corrected chi connectivity index (χ1v) is 6.54. The molecule has 20 heavy (non-hydrogen) atoms. The Labute approximate surface area is 122 Å². The summed E-state index contributed by atoms with van der Waals surface area (Å²) in [6, 6.07) is 6.97. The maximum absolute atomic E-state index is 12.1. The van der Waals surface area contributed by atoms with Crippen molar-refractivity contribution in [2.24, 2.45) is 0 Å². The van der Waals surface area contributed by atoms with E-state index in [1.165, 1.54) is 4.90 Å². The van der Waals surface area contributed by atoms with Gasteiger partial charge in [0.1, 0.15) is 11.5 Å². The fraction of sp³-hybridized carbons (Fsp3) is 0.286.